The van der Waals surface area contributed by atoms with E-state index in [1.54, 1.807) is 24.3 Å². The Labute approximate surface area is 87.1 Å². The summed E-state index contributed by atoms with van der Waals surface area (Å²) < 4.78 is 22.6. The lowest BCUT2D eigenvalue weighted by Crippen LogP contribution is -1.97. The molecule has 6 heteroatoms. The van der Waals surface area contributed by atoms with Crippen LogP contribution in [0.1, 0.15) is 0 Å². The maximum Gasteiger partial charge on any atom is 0.175 e. The van der Waals surface area contributed by atoms with E-state index in [0.29, 0.717) is 11.4 Å². The Morgan fingerprint density at radius 3 is 2.73 bits per heavy atom. The third-order valence-corrected chi connectivity index (χ3v) is 3.06. The van der Waals surface area contributed by atoms with Crippen molar-refractivity contribution in [3.8, 4) is 11.4 Å². The number of nitrogens with zero attached hydrogens (tertiary/aromatic N) is 2. The van der Waals surface area contributed by atoms with Crippen molar-refractivity contribution >= 4 is 9.84 Å². The van der Waals surface area contributed by atoms with Crippen LogP contribution in [0.3, 0.4) is 0 Å². The van der Waals surface area contributed by atoms with Crippen molar-refractivity contribution in [1.29, 1.82) is 0 Å². The highest BCUT2D eigenvalue weighted by molar-refractivity contribution is 7.90. The van der Waals surface area contributed by atoms with Crippen molar-refractivity contribution in [2.75, 3.05) is 6.26 Å². The fourth-order valence-electron chi connectivity index (χ4n) is 1.22. The maximum atomic E-state index is 11.3. The smallest absolute Gasteiger partial charge is 0.175 e. The first-order valence-electron chi connectivity index (χ1n) is 4.23. The van der Waals surface area contributed by atoms with Gasteiger partial charge in [0.2, 0.25) is 0 Å². The Kier molecular flexibility index (Phi) is 2.28. The zero-order valence-corrected chi connectivity index (χ0v) is 8.82. The first-order valence-corrected chi connectivity index (χ1v) is 6.12. The molecule has 2 rings (SSSR count). The van der Waals surface area contributed by atoms with Crippen LogP contribution in [0.2, 0.25) is 0 Å². The summed E-state index contributed by atoms with van der Waals surface area (Å²) in [6.45, 7) is 0. The van der Waals surface area contributed by atoms with Gasteiger partial charge in [-0.05, 0) is 12.1 Å². The summed E-state index contributed by atoms with van der Waals surface area (Å²) in [7, 11) is -3.18. The van der Waals surface area contributed by atoms with Crippen LogP contribution in [0, 0.1) is 0 Å². The van der Waals surface area contributed by atoms with Crippen LogP contribution in [0.4, 0.5) is 0 Å². The summed E-state index contributed by atoms with van der Waals surface area (Å²) in [6, 6.07) is 6.56. The Balaban J connectivity index is 2.53. The topological polar surface area (TPSA) is 75.7 Å². The largest absolute Gasteiger partial charge is 0.259 e. The predicted molar refractivity (Wildman–Crippen MR) is 54.9 cm³/mol. The van der Waals surface area contributed by atoms with Crippen molar-refractivity contribution < 1.29 is 8.42 Å². The lowest BCUT2D eigenvalue weighted by Gasteiger charge is -2.00. The van der Waals surface area contributed by atoms with Gasteiger partial charge in [0.05, 0.1) is 4.90 Å². The van der Waals surface area contributed by atoms with Gasteiger partial charge in [-0.15, -0.1) is 0 Å². The summed E-state index contributed by atoms with van der Waals surface area (Å²) in [6.07, 6.45) is 2.55. The Hall–Kier alpha value is -1.69. The zero-order valence-electron chi connectivity index (χ0n) is 8.01. The molecule has 0 fully saturated rings. The van der Waals surface area contributed by atoms with E-state index in [9.17, 15) is 8.42 Å². The number of benzene rings is 1. The van der Waals surface area contributed by atoms with E-state index in [4.69, 9.17) is 0 Å². The molecule has 0 aliphatic heterocycles. The molecule has 0 unspecified atom stereocenters. The molecule has 78 valence electrons. The molecule has 1 aromatic heterocycles. The molecule has 1 N–H and O–H groups in total. The normalized spacial score (nSPS) is 11.5. The van der Waals surface area contributed by atoms with E-state index < -0.39 is 9.84 Å². The molecule has 5 nitrogen and oxygen atoms in total. The van der Waals surface area contributed by atoms with Gasteiger partial charge in [0, 0.05) is 11.8 Å². The van der Waals surface area contributed by atoms with Gasteiger partial charge in [-0.1, -0.05) is 12.1 Å². The second-order valence-corrected chi connectivity index (χ2v) is 5.15. The Morgan fingerprint density at radius 2 is 2.13 bits per heavy atom. The van der Waals surface area contributed by atoms with Crippen LogP contribution < -0.4 is 0 Å². The molecular formula is C9H9N3O2S. The van der Waals surface area contributed by atoms with E-state index >= 15 is 0 Å². The summed E-state index contributed by atoms with van der Waals surface area (Å²) in [5.41, 5.74) is 0.704. The van der Waals surface area contributed by atoms with Gasteiger partial charge in [-0.25, -0.2) is 13.4 Å². The third kappa shape index (κ3) is 2.04. The number of sulfone groups is 1. The number of hydrogen-bond acceptors (Lipinski definition) is 4. The second kappa shape index (κ2) is 3.47. The minimum absolute atomic E-state index is 0.274. The molecule has 0 saturated carbocycles. The summed E-state index contributed by atoms with van der Waals surface area (Å²) in [5, 5.41) is 6.38. The quantitative estimate of drug-likeness (QED) is 0.819. The van der Waals surface area contributed by atoms with Crippen molar-refractivity contribution in [2.45, 2.75) is 4.90 Å². The zero-order chi connectivity index (χ0) is 10.9. The van der Waals surface area contributed by atoms with Crippen LogP contribution >= 0.6 is 0 Å². The number of rotatable bonds is 2. The molecule has 1 aromatic carbocycles. The van der Waals surface area contributed by atoms with Crippen molar-refractivity contribution in [3.63, 3.8) is 0 Å². The lowest BCUT2D eigenvalue weighted by atomic mass is 10.2. The predicted octanol–water partition coefficient (Wildman–Crippen LogP) is 0.875. The van der Waals surface area contributed by atoms with Gasteiger partial charge in [0.15, 0.2) is 15.7 Å². The van der Waals surface area contributed by atoms with Crippen LogP contribution in [0.5, 0.6) is 0 Å². The Bertz CT molecular complexity index is 561. The van der Waals surface area contributed by atoms with Crippen molar-refractivity contribution in [2.24, 2.45) is 0 Å². The average molecular weight is 223 g/mol. The highest BCUT2D eigenvalue weighted by Crippen LogP contribution is 2.18. The van der Waals surface area contributed by atoms with Crippen LogP contribution in [0.15, 0.2) is 35.5 Å². The van der Waals surface area contributed by atoms with E-state index in [0.717, 1.165) is 0 Å². The number of aromatic amines is 1. The highest BCUT2D eigenvalue weighted by Gasteiger charge is 2.08. The summed E-state index contributed by atoms with van der Waals surface area (Å²) >= 11 is 0. The van der Waals surface area contributed by atoms with Crippen LogP contribution in [0.25, 0.3) is 11.4 Å². The van der Waals surface area contributed by atoms with Crippen LogP contribution in [-0.4, -0.2) is 29.9 Å². The molecule has 0 radical (unpaired) electrons. The SMILES string of the molecule is CS(=O)(=O)c1cccc(-c2ncn[nH]2)c1. The molecule has 0 bridgehead atoms. The molecule has 2 aromatic rings. The first-order chi connectivity index (χ1) is 7.07. The number of hydrogen-bond donors (Lipinski definition) is 1. The number of nitrogens with one attached hydrogen (secondary N) is 1. The maximum absolute atomic E-state index is 11.3. The van der Waals surface area contributed by atoms with Gasteiger partial charge < -0.3 is 0 Å². The van der Waals surface area contributed by atoms with E-state index in [-0.39, 0.29) is 4.90 Å². The van der Waals surface area contributed by atoms with Gasteiger partial charge in [0.25, 0.3) is 0 Å². The van der Waals surface area contributed by atoms with Crippen molar-refractivity contribution in [1.82, 2.24) is 15.2 Å². The number of aromatic nitrogens is 3. The third-order valence-electron chi connectivity index (χ3n) is 1.95. The fraction of sp³-hybridized carbons (Fsp3) is 0.111. The first kappa shape index (κ1) is 9.85. The highest BCUT2D eigenvalue weighted by atomic mass is 32.2. The van der Waals surface area contributed by atoms with Gasteiger partial charge in [0.1, 0.15) is 6.33 Å². The standard InChI is InChI=1S/C9H9N3O2S/c1-15(13,14)8-4-2-3-7(5-8)9-10-6-11-12-9/h2-6H,1H3,(H,10,11,12). The Morgan fingerprint density at radius 1 is 1.33 bits per heavy atom. The minimum atomic E-state index is -3.18. The van der Waals surface area contributed by atoms with Crippen molar-refractivity contribution in [3.05, 3.63) is 30.6 Å². The molecule has 0 amide bonds. The fourth-order valence-corrected chi connectivity index (χ4v) is 1.89. The van der Waals surface area contributed by atoms with Crippen LogP contribution in [-0.2, 0) is 9.84 Å². The summed E-state index contributed by atoms with van der Waals surface area (Å²) in [5.74, 6) is 0.556. The minimum Gasteiger partial charge on any atom is -0.259 e. The van der Waals surface area contributed by atoms with E-state index in [1.165, 1.54) is 12.6 Å². The van der Waals surface area contributed by atoms with Gasteiger partial charge in [-0.3, -0.25) is 5.10 Å². The van der Waals surface area contributed by atoms with Gasteiger partial charge >= 0.3 is 0 Å². The van der Waals surface area contributed by atoms with Gasteiger partial charge in [-0.2, -0.15) is 5.10 Å². The second-order valence-electron chi connectivity index (χ2n) is 3.13. The van der Waals surface area contributed by atoms with E-state index in [2.05, 4.69) is 15.2 Å². The average Bonchev–Trinajstić information content (AvgIpc) is 2.69. The monoisotopic (exact) mass is 223 g/mol. The number of H-pyrrole nitrogens is 1. The molecule has 0 aliphatic rings. The molecular weight excluding hydrogens is 214 g/mol. The molecule has 0 aliphatic carbocycles. The molecule has 15 heavy (non-hydrogen) atoms. The lowest BCUT2D eigenvalue weighted by molar-refractivity contribution is 0.602. The molecule has 0 atom stereocenters. The molecule has 0 saturated heterocycles. The summed E-state index contributed by atoms with van der Waals surface area (Å²) in [4.78, 5) is 4.22. The molecule has 0 spiro atoms. The van der Waals surface area contributed by atoms with E-state index in [1.807, 2.05) is 0 Å². The molecule has 1 heterocycles.